The van der Waals surface area contributed by atoms with Gasteiger partial charge in [-0.05, 0) is 42.7 Å². The summed E-state index contributed by atoms with van der Waals surface area (Å²) in [5, 5.41) is 0. The number of carbonyl (C=O) groups is 1. The van der Waals surface area contributed by atoms with Crippen molar-refractivity contribution in [2.45, 2.75) is 32.1 Å². The van der Waals surface area contributed by atoms with Crippen LogP contribution in [0.4, 0.5) is 5.69 Å². The van der Waals surface area contributed by atoms with Gasteiger partial charge in [0.25, 0.3) is 0 Å². The number of hydrogen-bond acceptors (Lipinski definition) is 3. The lowest BCUT2D eigenvalue weighted by molar-refractivity contribution is -0.130. The molecule has 3 rings (SSSR count). The average molecular weight is 325 g/mol. The molecule has 1 aromatic rings. The van der Waals surface area contributed by atoms with Crippen molar-refractivity contribution in [3.63, 3.8) is 0 Å². The van der Waals surface area contributed by atoms with Crippen LogP contribution in [-0.4, -0.2) is 37.1 Å². The lowest BCUT2D eigenvalue weighted by Crippen LogP contribution is -2.35. The van der Waals surface area contributed by atoms with E-state index in [1.807, 2.05) is 29.2 Å². The molecule has 2 heterocycles. The Morgan fingerprint density at radius 3 is 2.68 bits per heavy atom. The molecular weight excluding hydrogens is 300 g/mol. The normalized spacial score (nSPS) is 19.9. The molecular formula is C17H25ClN2O2. The molecule has 1 aromatic carbocycles. The molecule has 2 fully saturated rings. The van der Waals surface area contributed by atoms with Gasteiger partial charge < -0.3 is 15.4 Å². The van der Waals surface area contributed by atoms with E-state index in [4.69, 9.17) is 10.5 Å². The fourth-order valence-corrected chi connectivity index (χ4v) is 3.52. The van der Waals surface area contributed by atoms with Crippen LogP contribution in [0.1, 0.15) is 31.2 Å². The number of anilines is 1. The molecule has 122 valence electrons. The molecule has 2 aliphatic heterocycles. The smallest absolute Gasteiger partial charge is 0.222 e. The van der Waals surface area contributed by atoms with Crippen molar-refractivity contribution in [1.29, 1.82) is 0 Å². The highest BCUT2D eigenvalue weighted by atomic mass is 35.5. The first-order valence-electron chi connectivity index (χ1n) is 7.87. The van der Waals surface area contributed by atoms with Crippen LogP contribution in [-0.2, 0) is 16.0 Å². The number of carbonyl (C=O) groups excluding carboxylic acids is 1. The molecule has 0 unspecified atom stereocenters. The first kappa shape index (κ1) is 17.1. The second-order valence-corrected chi connectivity index (χ2v) is 6.38. The van der Waals surface area contributed by atoms with Crippen LogP contribution in [0.5, 0.6) is 0 Å². The second-order valence-electron chi connectivity index (χ2n) is 6.38. The summed E-state index contributed by atoms with van der Waals surface area (Å²) in [4.78, 5) is 14.5. The van der Waals surface area contributed by atoms with Crippen molar-refractivity contribution in [3.05, 3.63) is 29.8 Å². The third kappa shape index (κ3) is 3.73. The topological polar surface area (TPSA) is 55.6 Å². The van der Waals surface area contributed by atoms with E-state index in [1.165, 1.54) is 0 Å². The van der Waals surface area contributed by atoms with Crippen molar-refractivity contribution in [3.8, 4) is 0 Å². The van der Waals surface area contributed by atoms with Crippen molar-refractivity contribution in [1.82, 2.24) is 4.90 Å². The third-order valence-corrected chi connectivity index (χ3v) is 5.01. The van der Waals surface area contributed by atoms with Gasteiger partial charge in [0, 0.05) is 38.4 Å². The number of benzene rings is 1. The molecule has 0 aromatic heterocycles. The third-order valence-electron chi connectivity index (χ3n) is 5.01. The second kappa shape index (κ2) is 7.34. The van der Waals surface area contributed by atoms with E-state index in [2.05, 4.69) is 0 Å². The monoisotopic (exact) mass is 324 g/mol. The minimum absolute atomic E-state index is 0. The lowest BCUT2D eigenvalue weighted by Gasteiger charge is -2.33. The van der Waals surface area contributed by atoms with Gasteiger partial charge in [0.05, 0.1) is 0 Å². The molecule has 2 N–H and O–H groups in total. The number of amides is 1. The number of para-hydroxylation sites is 1. The predicted octanol–water partition coefficient (Wildman–Crippen LogP) is 2.65. The van der Waals surface area contributed by atoms with E-state index in [0.717, 1.165) is 63.2 Å². The zero-order valence-corrected chi connectivity index (χ0v) is 13.7. The Kier molecular flexibility index (Phi) is 5.70. The van der Waals surface area contributed by atoms with E-state index in [9.17, 15) is 4.79 Å². The maximum atomic E-state index is 12.4. The van der Waals surface area contributed by atoms with Gasteiger partial charge in [0.15, 0.2) is 0 Å². The Hall–Kier alpha value is -1.26. The van der Waals surface area contributed by atoms with Gasteiger partial charge >= 0.3 is 0 Å². The summed E-state index contributed by atoms with van der Waals surface area (Å²) in [6, 6.07) is 7.80. The molecule has 0 bridgehead atoms. The summed E-state index contributed by atoms with van der Waals surface area (Å²) in [6.07, 6.45) is 4.62. The molecule has 2 saturated heterocycles. The first-order chi connectivity index (χ1) is 10.2. The van der Waals surface area contributed by atoms with Gasteiger partial charge in [-0.15, -0.1) is 12.4 Å². The van der Waals surface area contributed by atoms with Crippen LogP contribution < -0.4 is 5.73 Å². The van der Waals surface area contributed by atoms with Crippen LogP contribution in [0, 0.1) is 5.41 Å². The fourth-order valence-electron chi connectivity index (χ4n) is 3.52. The molecule has 4 nitrogen and oxygen atoms in total. The summed E-state index contributed by atoms with van der Waals surface area (Å²) >= 11 is 0. The van der Waals surface area contributed by atoms with Crippen LogP contribution >= 0.6 is 12.4 Å². The van der Waals surface area contributed by atoms with Crippen LogP contribution in [0.3, 0.4) is 0 Å². The molecule has 2 aliphatic rings. The van der Waals surface area contributed by atoms with E-state index < -0.39 is 0 Å². The molecule has 0 saturated carbocycles. The molecule has 22 heavy (non-hydrogen) atoms. The van der Waals surface area contributed by atoms with Crippen LogP contribution in [0.2, 0.25) is 0 Å². The van der Waals surface area contributed by atoms with Gasteiger partial charge in [0.1, 0.15) is 0 Å². The maximum Gasteiger partial charge on any atom is 0.222 e. The minimum atomic E-state index is 0. The standard InChI is InChI=1S/C17H24N2O2.ClH/c18-15-4-2-1-3-14(15)5-6-16(20)19-10-7-17(13-19)8-11-21-12-9-17;/h1-4H,5-13,18H2;1H. The number of hydrogen-bond donors (Lipinski definition) is 1. The Balaban J connectivity index is 0.00000176. The summed E-state index contributed by atoms with van der Waals surface area (Å²) in [5.74, 6) is 0.265. The predicted molar refractivity (Wildman–Crippen MR) is 90.1 cm³/mol. The fraction of sp³-hybridized carbons (Fsp3) is 0.588. The molecule has 0 aliphatic carbocycles. The van der Waals surface area contributed by atoms with Gasteiger partial charge in [-0.2, -0.15) is 0 Å². The van der Waals surface area contributed by atoms with Gasteiger partial charge in [0.2, 0.25) is 5.91 Å². The number of ether oxygens (including phenoxy) is 1. The van der Waals surface area contributed by atoms with Crippen molar-refractivity contribution < 1.29 is 9.53 Å². The Bertz CT molecular complexity index is 515. The van der Waals surface area contributed by atoms with Crippen molar-refractivity contribution in [2.24, 2.45) is 5.41 Å². The van der Waals surface area contributed by atoms with Gasteiger partial charge in [-0.3, -0.25) is 4.79 Å². The van der Waals surface area contributed by atoms with Crippen molar-refractivity contribution in [2.75, 3.05) is 32.0 Å². The van der Waals surface area contributed by atoms with E-state index >= 15 is 0 Å². The summed E-state index contributed by atoms with van der Waals surface area (Å²) in [7, 11) is 0. The summed E-state index contributed by atoms with van der Waals surface area (Å²) in [5.41, 5.74) is 8.13. The maximum absolute atomic E-state index is 12.4. The summed E-state index contributed by atoms with van der Waals surface area (Å²) < 4.78 is 5.45. The van der Waals surface area contributed by atoms with Crippen LogP contribution in [0.25, 0.3) is 0 Å². The quantitative estimate of drug-likeness (QED) is 0.870. The SMILES string of the molecule is Cl.Nc1ccccc1CCC(=O)N1CCC2(CCOCC2)C1. The number of nitrogen functional groups attached to an aromatic ring is 1. The first-order valence-corrected chi connectivity index (χ1v) is 7.87. The van der Waals surface area contributed by atoms with Crippen molar-refractivity contribution >= 4 is 24.0 Å². The Labute approximate surface area is 138 Å². The van der Waals surface area contributed by atoms with Gasteiger partial charge in [-0.1, -0.05) is 18.2 Å². The zero-order chi connectivity index (χ0) is 14.7. The number of halogens is 1. The largest absolute Gasteiger partial charge is 0.399 e. The zero-order valence-electron chi connectivity index (χ0n) is 12.9. The molecule has 0 atom stereocenters. The number of aryl methyl sites for hydroxylation is 1. The molecule has 0 radical (unpaired) electrons. The number of nitrogens with two attached hydrogens (primary N) is 1. The highest BCUT2D eigenvalue weighted by molar-refractivity contribution is 5.85. The number of likely N-dealkylation sites (tertiary alicyclic amines) is 1. The van der Waals surface area contributed by atoms with E-state index in [-0.39, 0.29) is 18.3 Å². The Morgan fingerprint density at radius 1 is 1.23 bits per heavy atom. The van der Waals surface area contributed by atoms with Gasteiger partial charge in [-0.25, -0.2) is 0 Å². The highest BCUT2D eigenvalue weighted by Crippen LogP contribution is 2.39. The average Bonchev–Trinajstić information content (AvgIpc) is 2.90. The lowest BCUT2D eigenvalue weighted by atomic mass is 9.80. The Morgan fingerprint density at radius 2 is 1.95 bits per heavy atom. The number of nitrogens with zero attached hydrogens (tertiary/aromatic N) is 1. The molecule has 1 spiro atoms. The highest BCUT2D eigenvalue weighted by Gasteiger charge is 2.40. The van der Waals surface area contributed by atoms with E-state index in [0.29, 0.717) is 11.8 Å². The molecule has 5 heteroatoms. The minimum Gasteiger partial charge on any atom is -0.399 e. The van der Waals surface area contributed by atoms with E-state index in [1.54, 1.807) is 0 Å². The molecule has 1 amide bonds. The van der Waals surface area contributed by atoms with Crippen LogP contribution in [0.15, 0.2) is 24.3 Å². The summed E-state index contributed by atoms with van der Waals surface area (Å²) in [6.45, 7) is 3.52. The number of rotatable bonds is 3.